The first kappa shape index (κ1) is 36.2. The van der Waals surface area contributed by atoms with Gasteiger partial charge < -0.3 is 39.9 Å². The highest BCUT2D eigenvalue weighted by atomic mass is 16.5. The number of piperidine rings is 1. The molecule has 14 heteroatoms. The van der Waals surface area contributed by atoms with Crippen molar-refractivity contribution < 1.29 is 28.7 Å². The Labute approximate surface area is 298 Å². The largest absolute Gasteiger partial charge is 0.453 e. The van der Waals surface area contributed by atoms with Gasteiger partial charge in [-0.2, -0.15) is 0 Å². The number of fused-ring (bicyclic) bond motifs is 3. The van der Waals surface area contributed by atoms with Gasteiger partial charge in [0.2, 0.25) is 11.8 Å². The zero-order chi connectivity index (χ0) is 36.6. The van der Waals surface area contributed by atoms with Crippen molar-refractivity contribution >= 4 is 35.0 Å². The second kappa shape index (κ2) is 14.5. The maximum absolute atomic E-state index is 13.9. The van der Waals surface area contributed by atoms with Crippen LogP contribution in [0.2, 0.25) is 0 Å². The molecule has 276 valence electrons. The number of imidazole rings is 2. The molecule has 1 saturated heterocycles. The number of rotatable bonds is 13. The van der Waals surface area contributed by atoms with Crippen molar-refractivity contribution in [2.24, 2.45) is 23.2 Å². The molecule has 6 rings (SSSR count). The Morgan fingerprint density at radius 3 is 2.33 bits per heavy atom. The first-order valence-electron chi connectivity index (χ1n) is 18.1. The fraction of sp³-hybridized carbons (Fsp3) is 0.622. The van der Waals surface area contributed by atoms with E-state index in [1.54, 1.807) is 11.1 Å². The molecule has 4 amide bonds. The SMILES string of the molecule is COC(=O)NC(C(=O)N(Cc1ncc(Cc2ccc3nc(C4C5CCC(C5)N4C(=O)C(NC(=O)OC)C(C)C)[nH]c3c2)[nH]1)CC1(C)CC1)C(C)C. The van der Waals surface area contributed by atoms with Crippen LogP contribution in [0.4, 0.5) is 9.59 Å². The van der Waals surface area contributed by atoms with Crippen molar-refractivity contribution in [3.05, 3.63) is 47.3 Å². The number of alkyl carbamates (subject to hydrolysis) is 2. The molecule has 4 N–H and O–H groups in total. The average molecular weight is 705 g/mol. The molecule has 3 aromatic rings. The molecule has 3 heterocycles. The van der Waals surface area contributed by atoms with E-state index < -0.39 is 24.3 Å². The summed E-state index contributed by atoms with van der Waals surface area (Å²) in [7, 11) is 2.59. The number of carbonyl (C=O) groups is 4. The highest BCUT2D eigenvalue weighted by Crippen LogP contribution is 2.50. The van der Waals surface area contributed by atoms with Crippen molar-refractivity contribution in [1.82, 2.24) is 40.4 Å². The van der Waals surface area contributed by atoms with E-state index in [-0.39, 0.29) is 41.1 Å². The normalized spacial score (nSPS) is 21.5. The van der Waals surface area contributed by atoms with Gasteiger partial charge in [0.05, 0.1) is 37.8 Å². The Balaban J connectivity index is 1.17. The monoisotopic (exact) mass is 704 g/mol. The van der Waals surface area contributed by atoms with Gasteiger partial charge in [0.25, 0.3) is 0 Å². The molecule has 2 saturated carbocycles. The number of amides is 4. The predicted molar refractivity (Wildman–Crippen MR) is 189 cm³/mol. The van der Waals surface area contributed by atoms with Crippen LogP contribution in [0.15, 0.2) is 24.4 Å². The maximum Gasteiger partial charge on any atom is 0.407 e. The third kappa shape index (κ3) is 7.84. The van der Waals surface area contributed by atoms with Crippen LogP contribution in [0.25, 0.3) is 11.0 Å². The van der Waals surface area contributed by atoms with Gasteiger partial charge >= 0.3 is 12.2 Å². The molecule has 3 fully saturated rings. The summed E-state index contributed by atoms with van der Waals surface area (Å²) >= 11 is 0. The predicted octanol–water partition coefficient (Wildman–Crippen LogP) is 4.82. The lowest BCUT2D eigenvalue weighted by Gasteiger charge is -2.37. The standard InChI is InChI=1S/C37H52N8O6/c1-20(2)29(42-35(48)50-6)33(46)44(19-37(5)12-13-37)18-28-38-17-24(39-28)14-22-8-11-26-27(15-22)41-32(40-26)31-23-9-10-25(16-23)45(31)34(47)30(21(3)4)43-36(49)51-7/h8,11,15,17,20-21,23,25,29-31H,9-10,12-14,16,18-19H2,1-7H3,(H,38,39)(H,40,41)(H,42,48)(H,43,49). The van der Waals surface area contributed by atoms with Crippen LogP contribution in [0.5, 0.6) is 0 Å². The fourth-order valence-corrected chi connectivity index (χ4v) is 7.76. The molecule has 1 aliphatic heterocycles. The number of benzene rings is 1. The Bertz CT molecular complexity index is 1760. The molecule has 51 heavy (non-hydrogen) atoms. The van der Waals surface area contributed by atoms with Crippen LogP contribution in [0.1, 0.15) is 95.7 Å². The van der Waals surface area contributed by atoms with E-state index in [9.17, 15) is 19.2 Å². The van der Waals surface area contributed by atoms with Crippen LogP contribution >= 0.6 is 0 Å². The Morgan fingerprint density at radius 2 is 1.69 bits per heavy atom. The Kier molecular flexibility index (Phi) is 10.3. The summed E-state index contributed by atoms with van der Waals surface area (Å²) in [6.07, 6.45) is 6.15. The highest BCUT2D eigenvalue weighted by molar-refractivity contribution is 5.87. The molecule has 2 aromatic heterocycles. The number of methoxy groups -OCH3 is 2. The summed E-state index contributed by atoms with van der Waals surface area (Å²) in [6, 6.07) is 4.64. The summed E-state index contributed by atoms with van der Waals surface area (Å²) < 4.78 is 9.60. The number of H-pyrrole nitrogens is 2. The molecule has 3 aliphatic rings. The molecule has 14 nitrogen and oxygen atoms in total. The van der Waals surface area contributed by atoms with Gasteiger partial charge in [-0.15, -0.1) is 0 Å². The third-order valence-corrected chi connectivity index (χ3v) is 10.9. The number of nitrogens with one attached hydrogen (secondary N) is 4. The highest BCUT2D eigenvalue weighted by Gasteiger charge is 2.51. The van der Waals surface area contributed by atoms with Crippen molar-refractivity contribution in [3.63, 3.8) is 0 Å². The van der Waals surface area contributed by atoms with E-state index >= 15 is 0 Å². The van der Waals surface area contributed by atoms with Gasteiger partial charge in [-0.25, -0.2) is 19.6 Å². The van der Waals surface area contributed by atoms with E-state index in [1.165, 1.54) is 14.2 Å². The van der Waals surface area contributed by atoms with E-state index in [4.69, 9.17) is 14.5 Å². The van der Waals surface area contributed by atoms with E-state index in [1.807, 2.05) is 44.7 Å². The summed E-state index contributed by atoms with van der Waals surface area (Å²) in [6.45, 7) is 10.7. The number of ether oxygens (including phenoxy) is 2. The number of aromatic nitrogens is 4. The number of nitrogens with zero attached hydrogens (tertiary/aromatic N) is 4. The smallest absolute Gasteiger partial charge is 0.407 e. The minimum absolute atomic E-state index is 0.0641. The minimum atomic E-state index is -0.710. The van der Waals surface area contributed by atoms with Gasteiger partial charge in [0.15, 0.2) is 0 Å². The van der Waals surface area contributed by atoms with E-state index in [0.29, 0.717) is 31.3 Å². The fourth-order valence-electron chi connectivity index (χ4n) is 7.76. The molecule has 2 aliphatic carbocycles. The van der Waals surface area contributed by atoms with Crippen molar-refractivity contribution in [2.75, 3.05) is 20.8 Å². The minimum Gasteiger partial charge on any atom is -0.453 e. The first-order chi connectivity index (χ1) is 24.3. The number of likely N-dealkylation sites (tertiary alicyclic amines) is 1. The van der Waals surface area contributed by atoms with Crippen molar-refractivity contribution in [2.45, 2.75) is 104 Å². The molecule has 5 atom stereocenters. The molecule has 1 aromatic carbocycles. The lowest BCUT2D eigenvalue weighted by atomic mass is 9.95. The lowest BCUT2D eigenvalue weighted by molar-refractivity contribution is -0.139. The topological polar surface area (TPSA) is 175 Å². The summed E-state index contributed by atoms with van der Waals surface area (Å²) in [5, 5.41) is 5.46. The van der Waals surface area contributed by atoms with Crippen LogP contribution in [-0.4, -0.2) is 92.6 Å². The van der Waals surface area contributed by atoms with Gasteiger partial charge in [-0.05, 0) is 73.0 Å². The third-order valence-electron chi connectivity index (χ3n) is 10.9. The second-order valence-electron chi connectivity index (χ2n) is 15.6. The maximum atomic E-state index is 13.9. The number of hydrogen-bond acceptors (Lipinski definition) is 8. The Hall–Kier alpha value is -4.62. The number of aromatic amines is 2. The number of carbonyl (C=O) groups excluding carboxylic acids is 4. The van der Waals surface area contributed by atoms with Crippen LogP contribution in [0.3, 0.4) is 0 Å². The zero-order valence-corrected chi connectivity index (χ0v) is 30.7. The van der Waals surface area contributed by atoms with Crippen LogP contribution in [-0.2, 0) is 32.0 Å². The van der Waals surface area contributed by atoms with Crippen molar-refractivity contribution in [1.29, 1.82) is 0 Å². The van der Waals surface area contributed by atoms with Gasteiger partial charge in [0, 0.05) is 30.9 Å². The first-order valence-corrected chi connectivity index (χ1v) is 18.1. The Morgan fingerprint density at radius 1 is 1.00 bits per heavy atom. The summed E-state index contributed by atoms with van der Waals surface area (Å²) in [4.78, 5) is 72.1. The van der Waals surface area contributed by atoms with Crippen molar-refractivity contribution in [3.8, 4) is 0 Å². The van der Waals surface area contributed by atoms with Crippen LogP contribution in [0, 0.1) is 23.2 Å². The van der Waals surface area contributed by atoms with Gasteiger partial charge in [0.1, 0.15) is 23.7 Å². The van der Waals surface area contributed by atoms with Gasteiger partial charge in [-0.3, -0.25) is 9.59 Å². The molecular weight excluding hydrogens is 652 g/mol. The van der Waals surface area contributed by atoms with Gasteiger partial charge in [-0.1, -0.05) is 40.7 Å². The average Bonchev–Trinajstić information content (AvgIpc) is 3.58. The summed E-state index contributed by atoms with van der Waals surface area (Å²) in [5.74, 6) is 1.26. The number of hydrogen-bond donors (Lipinski definition) is 4. The zero-order valence-electron chi connectivity index (χ0n) is 30.7. The summed E-state index contributed by atoms with van der Waals surface area (Å²) in [5.41, 5.74) is 3.74. The molecule has 2 bridgehead atoms. The lowest BCUT2D eigenvalue weighted by Crippen LogP contribution is -2.54. The molecular formula is C37H52N8O6. The molecule has 0 spiro atoms. The molecule has 5 unspecified atom stereocenters. The molecule has 0 radical (unpaired) electrons. The van der Waals surface area contributed by atoms with E-state index in [2.05, 4.69) is 38.6 Å². The van der Waals surface area contributed by atoms with E-state index in [0.717, 1.165) is 60.2 Å². The quantitative estimate of drug-likeness (QED) is 0.196. The second-order valence-corrected chi connectivity index (χ2v) is 15.6. The van der Waals surface area contributed by atoms with Crippen LogP contribution < -0.4 is 10.6 Å².